The van der Waals surface area contributed by atoms with E-state index in [0.29, 0.717) is 17.3 Å². The normalized spacial score (nSPS) is 13.7. The van der Waals surface area contributed by atoms with E-state index in [1.54, 1.807) is 6.07 Å². The lowest BCUT2D eigenvalue weighted by atomic mass is 9.97. The van der Waals surface area contributed by atoms with E-state index in [1.807, 2.05) is 31.2 Å². The zero-order valence-electron chi connectivity index (χ0n) is 14.5. The second-order valence-corrected chi connectivity index (χ2v) is 6.29. The molecule has 2 aromatic rings. The van der Waals surface area contributed by atoms with Crippen LogP contribution < -0.4 is 10.6 Å². The maximum Gasteiger partial charge on any atom is 0.224 e. The van der Waals surface area contributed by atoms with Gasteiger partial charge in [-0.25, -0.2) is 4.98 Å². The highest BCUT2D eigenvalue weighted by Gasteiger charge is 2.07. The Balaban J connectivity index is 1.66. The molecule has 0 saturated heterocycles. The molecule has 5 heteroatoms. The Labute approximate surface area is 148 Å². The summed E-state index contributed by atoms with van der Waals surface area (Å²) in [6, 6.07) is 11.5. The van der Waals surface area contributed by atoms with Gasteiger partial charge in [-0.15, -0.1) is 0 Å². The van der Waals surface area contributed by atoms with Gasteiger partial charge < -0.3 is 10.6 Å². The number of aromatic nitrogens is 2. The van der Waals surface area contributed by atoms with Crippen LogP contribution in [-0.4, -0.2) is 16.5 Å². The van der Waals surface area contributed by atoms with E-state index in [9.17, 15) is 5.26 Å². The van der Waals surface area contributed by atoms with Gasteiger partial charge in [0.15, 0.2) is 0 Å². The van der Waals surface area contributed by atoms with Crippen LogP contribution in [0, 0.1) is 18.3 Å². The Kier molecular flexibility index (Phi) is 5.63. The fourth-order valence-corrected chi connectivity index (χ4v) is 3.01. The number of hydrogen-bond donors (Lipinski definition) is 2. The van der Waals surface area contributed by atoms with E-state index in [4.69, 9.17) is 0 Å². The largest absolute Gasteiger partial charge is 0.354 e. The first-order valence-corrected chi connectivity index (χ1v) is 8.78. The summed E-state index contributed by atoms with van der Waals surface area (Å²) >= 11 is 0. The fourth-order valence-electron chi connectivity index (χ4n) is 3.01. The molecule has 0 bridgehead atoms. The summed E-state index contributed by atoms with van der Waals surface area (Å²) < 4.78 is 0. The molecule has 0 radical (unpaired) electrons. The zero-order valence-corrected chi connectivity index (χ0v) is 14.5. The third-order valence-corrected chi connectivity index (χ3v) is 4.28. The van der Waals surface area contributed by atoms with Crippen LogP contribution >= 0.6 is 0 Å². The van der Waals surface area contributed by atoms with Crippen molar-refractivity contribution in [3.8, 4) is 6.07 Å². The van der Waals surface area contributed by atoms with E-state index < -0.39 is 0 Å². The first kappa shape index (κ1) is 17.0. The van der Waals surface area contributed by atoms with Gasteiger partial charge in [0, 0.05) is 18.3 Å². The molecule has 1 aromatic heterocycles. The summed E-state index contributed by atoms with van der Waals surface area (Å²) in [6.07, 6.45) is 8.46. The number of rotatable bonds is 6. The second-order valence-electron chi connectivity index (χ2n) is 6.29. The van der Waals surface area contributed by atoms with Gasteiger partial charge in [-0.3, -0.25) is 0 Å². The number of benzene rings is 1. The third kappa shape index (κ3) is 4.80. The number of aryl methyl sites for hydroxylation is 1. The van der Waals surface area contributed by atoms with Crippen LogP contribution in [0.25, 0.3) is 0 Å². The number of nitrogens with zero attached hydrogens (tertiary/aromatic N) is 3. The van der Waals surface area contributed by atoms with Crippen molar-refractivity contribution in [1.82, 2.24) is 9.97 Å². The second kappa shape index (κ2) is 8.29. The van der Waals surface area contributed by atoms with E-state index in [-0.39, 0.29) is 0 Å². The third-order valence-electron chi connectivity index (χ3n) is 4.28. The van der Waals surface area contributed by atoms with Crippen LogP contribution in [0.1, 0.15) is 43.4 Å². The molecule has 0 unspecified atom stereocenters. The Morgan fingerprint density at radius 3 is 2.88 bits per heavy atom. The van der Waals surface area contributed by atoms with E-state index in [2.05, 4.69) is 32.7 Å². The predicted molar refractivity (Wildman–Crippen MR) is 101 cm³/mol. The van der Waals surface area contributed by atoms with Crippen LogP contribution in [0.15, 0.2) is 42.0 Å². The summed E-state index contributed by atoms with van der Waals surface area (Å²) in [6.45, 7) is 2.78. The van der Waals surface area contributed by atoms with Crippen molar-refractivity contribution >= 4 is 17.5 Å². The van der Waals surface area contributed by atoms with Crippen molar-refractivity contribution in [2.24, 2.45) is 0 Å². The molecule has 0 atom stereocenters. The van der Waals surface area contributed by atoms with E-state index in [0.717, 1.165) is 24.3 Å². The smallest absolute Gasteiger partial charge is 0.224 e. The molecule has 1 heterocycles. The highest BCUT2D eigenvalue weighted by molar-refractivity contribution is 5.65. The molecular weight excluding hydrogens is 310 g/mol. The number of hydrogen-bond acceptors (Lipinski definition) is 5. The Morgan fingerprint density at radius 1 is 1.20 bits per heavy atom. The van der Waals surface area contributed by atoms with Crippen LogP contribution in [0.2, 0.25) is 0 Å². The zero-order chi connectivity index (χ0) is 17.5. The Hall–Kier alpha value is -2.87. The molecule has 5 nitrogen and oxygen atoms in total. The Morgan fingerprint density at radius 2 is 2.08 bits per heavy atom. The van der Waals surface area contributed by atoms with Gasteiger partial charge in [-0.2, -0.15) is 10.2 Å². The molecule has 1 aromatic carbocycles. The number of allylic oxidation sites excluding steroid dienone is 1. The minimum absolute atomic E-state index is 0.595. The maximum atomic E-state index is 9.21. The lowest BCUT2D eigenvalue weighted by molar-refractivity contribution is 0.679. The van der Waals surface area contributed by atoms with Gasteiger partial charge in [0.05, 0.1) is 11.3 Å². The lowest BCUT2D eigenvalue weighted by Gasteiger charge is -2.14. The average Bonchev–Trinajstić information content (AvgIpc) is 2.63. The van der Waals surface area contributed by atoms with Crippen LogP contribution in [0.4, 0.5) is 17.5 Å². The molecule has 0 fully saturated rings. The molecule has 2 N–H and O–H groups in total. The van der Waals surface area contributed by atoms with Crippen molar-refractivity contribution in [3.63, 3.8) is 0 Å². The molecular formula is C20H23N5. The predicted octanol–water partition coefficient (Wildman–Crippen LogP) is 4.70. The molecule has 128 valence electrons. The lowest BCUT2D eigenvalue weighted by Crippen LogP contribution is -2.09. The topological polar surface area (TPSA) is 73.6 Å². The maximum absolute atomic E-state index is 9.21. The molecule has 0 spiro atoms. The summed E-state index contributed by atoms with van der Waals surface area (Å²) in [5.74, 6) is 1.31. The number of anilines is 3. The number of nitrogens with one attached hydrogen (secondary N) is 2. The molecule has 25 heavy (non-hydrogen) atoms. The minimum atomic E-state index is 0.595. The molecule has 3 rings (SSSR count). The highest BCUT2D eigenvalue weighted by Crippen LogP contribution is 2.21. The van der Waals surface area contributed by atoms with Crippen molar-refractivity contribution < 1.29 is 0 Å². The van der Waals surface area contributed by atoms with Crippen LogP contribution in [0.5, 0.6) is 0 Å². The number of para-hydroxylation sites is 1. The van der Waals surface area contributed by atoms with Gasteiger partial charge >= 0.3 is 0 Å². The quantitative estimate of drug-likeness (QED) is 0.749. The highest BCUT2D eigenvalue weighted by atomic mass is 15.1. The van der Waals surface area contributed by atoms with Gasteiger partial charge in [-0.05, 0) is 51.2 Å². The molecule has 1 aliphatic rings. The first-order valence-electron chi connectivity index (χ1n) is 8.78. The molecule has 0 amide bonds. The summed E-state index contributed by atoms with van der Waals surface area (Å²) in [7, 11) is 0. The van der Waals surface area contributed by atoms with Gasteiger partial charge in [0.2, 0.25) is 5.95 Å². The monoisotopic (exact) mass is 333 g/mol. The van der Waals surface area contributed by atoms with Crippen molar-refractivity contribution in [1.29, 1.82) is 5.26 Å². The standard InChI is InChI=1S/C20H23N5/c1-15-13-19(24-18-10-6-5-9-17(18)14-21)25-20(23-15)22-12-11-16-7-3-2-4-8-16/h5-7,9-10,13H,2-4,8,11-12H2,1H3,(H2,22,23,24,25). The van der Waals surface area contributed by atoms with Gasteiger partial charge in [0.1, 0.15) is 11.9 Å². The molecule has 1 aliphatic carbocycles. The van der Waals surface area contributed by atoms with E-state index >= 15 is 0 Å². The van der Waals surface area contributed by atoms with Gasteiger partial charge in [0.25, 0.3) is 0 Å². The van der Waals surface area contributed by atoms with Crippen LogP contribution in [0.3, 0.4) is 0 Å². The fraction of sp³-hybridized carbons (Fsp3) is 0.350. The first-order chi connectivity index (χ1) is 12.2. The average molecular weight is 333 g/mol. The summed E-state index contributed by atoms with van der Waals surface area (Å²) in [4.78, 5) is 8.98. The van der Waals surface area contributed by atoms with Crippen molar-refractivity contribution in [2.75, 3.05) is 17.2 Å². The van der Waals surface area contributed by atoms with E-state index in [1.165, 1.54) is 31.3 Å². The van der Waals surface area contributed by atoms with Crippen LogP contribution in [-0.2, 0) is 0 Å². The summed E-state index contributed by atoms with van der Waals surface area (Å²) in [5.41, 5.74) is 3.76. The summed E-state index contributed by atoms with van der Waals surface area (Å²) in [5, 5.41) is 15.7. The van der Waals surface area contributed by atoms with Gasteiger partial charge in [-0.1, -0.05) is 23.8 Å². The van der Waals surface area contributed by atoms with Crippen molar-refractivity contribution in [2.45, 2.75) is 39.0 Å². The SMILES string of the molecule is Cc1cc(Nc2ccccc2C#N)nc(NCCC2=CCCCC2)n1. The van der Waals surface area contributed by atoms with Crippen molar-refractivity contribution in [3.05, 3.63) is 53.2 Å². The Bertz CT molecular complexity index is 804. The number of nitriles is 1. The molecule has 0 saturated carbocycles. The molecule has 0 aliphatic heterocycles. The minimum Gasteiger partial charge on any atom is -0.354 e.